The number of amides is 1. The Morgan fingerprint density at radius 3 is 2.38 bits per heavy atom. The van der Waals surface area contributed by atoms with Gasteiger partial charge in [0.25, 0.3) is 5.91 Å². The van der Waals surface area contributed by atoms with Crippen molar-refractivity contribution in [3.05, 3.63) is 65.7 Å². The van der Waals surface area contributed by atoms with Crippen LogP contribution in [0.3, 0.4) is 0 Å². The average Bonchev–Trinajstić information content (AvgIpc) is 2.72. The number of hydrogen-bond donors (Lipinski definition) is 1. The third-order valence-corrected chi connectivity index (χ3v) is 5.03. The summed E-state index contributed by atoms with van der Waals surface area (Å²) in [5, 5.41) is 3.16. The second kappa shape index (κ2) is 9.23. The molecule has 1 amide bonds. The van der Waals surface area contributed by atoms with Gasteiger partial charge in [0, 0.05) is 12.1 Å². The highest BCUT2D eigenvalue weighted by atomic mass is 16.5. The third-order valence-electron chi connectivity index (χ3n) is 5.03. The molecule has 1 N–H and O–H groups in total. The fourth-order valence-corrected chi connectivity index (χ4v) is 3.49. The summed E-state index contributed by atoms with van der Waals surface area (Å²) < 4.78 is 5.21. The van der Waals surface area contributed by atoms with Crippen molar-refractivity contribution < 1.29 is 9.53 Å². The predicted molar refractivity (Wildman–Crippen MR) is 107 cm³/mol. The summed E-state index contributed by atoms with van der Waals surface area (Å²) in [6.45, 7) is 0.769. The number of nitrogens with one attached hydrogen (secondary N) is 1. The lowest BCUT2D eigenvalue weighted by Gasteiger charge is -2.22. The third kappa shape index (κ3) is 4.98. The van der Waals surface area contributed by atoms with Crippen molar-refractivity contribution >= 4 is 17.6 Å². The van der Waals surface area contributed by atoms with Gasteiger partial charge in [-0.1, -0.05) is 61.7 Å². The Balaban J connectivity index is 1.78. The summed E-state index contributed by atoms with van der Waals surface area (Å²) in [7, 11) is 1.65. The van der Waals surface area contributed by atoms with Gasteiger partial charge < -0.3 is 10.1 Å². The minimum absolute atomic E-state index is 0.00223. The molecule has 3 rings (SSSR count). The summed E-state index contributed by atoms with van der Waals surface area (Å²) in [6, 6.07) is 17.6. The molecule has 3 nitrogen and oxygen atoms in total. The lowest BCUT2D eigenvalue weighted by Crippen LogP contribution is -2.30. The van der Waals surface area contributed by atoms with E-state index in [2.05, 4.69) is 5.32 Å². The SMILES string of the molecule is COc1ccc(/C=C(/C(=O)NCC2CCCCC2)c2ccccc2)cc1. The predicted octanol–water partition coefficient (Wildman–Crippen LogP) is 4.93. The Labute approximate surface area is 156 Å². The van der Waals surface area contributed by atoms with Gasteiger partial charge in [-0.25, -0.2) is 0 Å². The maximum Gasteiger partial charge on any atom is 0.251 e. The zero-order chi connectivity index (χ0) is 18.2. The molecule has 0 saturated heterocycles. The van der Waals surface area contributed by atoms with Crippen LogP contribution in [-0.2, 0) is 4.79 Å². The molecular formula is C23H27NO2. The van der Waals surface area contributed by atoms with Crippen molar-refractivity contribution in [3.63, 3.8) is 0 Å². The smallest absolute Gasteiger partial charge is 0.251 e. The molecule has 0 unspecified atom stereocenters. The molecule has 1 fully saturated rings. The first-order valence-electron chi connectivity index (χ1n) is 9.45. The van der Waals surface area contributed by atoms with E-state index in [0.29, 0.717) is 11.5 Å². The van der Waals surface area contributed by atoms with Gasteiger partial charge in [-0.15, -0.1) is 0 Å². The van der Waals surface area contributed by atoms with E-state index in [1.807, 2.05) is 60.7 Å². The second-order valence-corrected chi connectivity index (χ2v) is 6.91. The minimum Gasteiger partial charge on any atom is -0.497 e. The maximum absolute atomic E-state index is 12.9. The Morgan fingerprint density at radius 2 is 1.73 bits per heavy atom. The van der Waals surface area contributed by atoms with Crippen molar-refractivity contribution in [1.29, 1.82) is 0 Å². The van der Waals surface area contributed by atoms with E-state index in [1.54, 1.807) is 7.11 Å². The van der Waals surface area contributed by atoms with Gasteiger partial charge in [-0.05, 0) is 48.1 Å². The van der Waals surface area contributed by atoms with Crippen LogP contribution >= 0.6 is 0 Å². The fraction of sp³-hybridized carbons (Fsp3) is 0.348. The van der Waals surface area contributed by atoms with E-state index in [9.17, 15) is 4.79 Å². The molecule has 0 atom stereocenters. The molecule has 0 aromatic heterocycles. The monoisotopic (exact) mass is 349 g/mol. The Bertz CT molecular complexity index is 729. The normalized spacial score (nSPS) is 15.5. The van der Waals surface area contributed by atoms with Gasteiger partial charge in [0.05, 0.1) is 7.11 Å². The van der Waals surface area contributed by atoms with Crippen LogP contribution in [0.15, 0.2) is 54.6 Å². The van der Waals surface area contributed by atoms with E-state index in [4.69, 9.17) is 4.74 Å². The van der Waals surface area contributed by atoms with Crippen molar-refractivity contribution in [1.82, 2.24) is 5.32 Å². The van der Waals surface area contributed by atoms with Gasteiger partial charge in [0.1, 0.15) is 5.75 Å². The van der Waals surface area contributed by atoms with Crippen LogP contribution < -0.4 is 10.1 Å². The molecule has 0 spiro atoms. The van der Waals surface area contributed by atoms with E-state index in [0.717, 1.165) is 23.4 Å². The molecule has 2 aromatic rings. The number of carbonyl (C=O) groups excluding carboxylic acids is 1. The number of rotatable bonds is 6. The molecule has 1 aliphatic rings. The van der Waals surface area contributed by atoms with E-state index in [-0.39, 0.29) is 5.91 Å². The van der Waals surface area contributed by atoms with Crippen LogP contribution in [0.1, 0.15) is 43.2 Å². The lowest BCUT2D eigenvalue weighted by molar-refractivity contribution is -0.115. The van der Waals surface area contributed by atoms with Gasteiger partial charge in [-0.3, -0.25) is 4.79 Å². The topological polar surface area (TPSA) is 38.3 Å². The highest BCUT2D eigenvalue weighted by molar-refractivity contribution is 6.24. The van der Waals surface area contributed by atoms with Crippen molar-refractivity contribution in [3.8, 4) is 5.75 Å². The zero-order valence-electron chi connectivity index (χ0n) is 15.4. The molecule has 0 heterocycles. The first-order chi connectivity index (χ1) is 12.8. The number of methoxy groups -OCH3 is 1. The molecule has 136 valence electrons. The summed E-state index contributed by atoms with van der Waals surface area (Å²) >= 11 is 0. The quantitative estimate of drug-likeness (QED) is 0.593. The summed E-state index contributed by atoms with van der Waals surface area (Å²) in [5.41, 5.74) is 2.62. The molecule has 2 aromatic carbocycles. The van der Waals surface area contributed by atoms with E-state index >= 15 is 0 Å². The Kier molecular flexibility index (Phi) is 6.48. The number of benzene rings is 2. The molecule has 26 heavy (non-hydrogen) atoms. The molecule has 1 saturated carbocycles. The highest BCUT2D eigenvalue weighted by Gasteiger charge is 2.17. The molecule has 0 bridgehead atoms. The molecular weight excluding hydrogens is 322 g/mol. The van der Waals surface area contributed by atoms with Crippen molar-refractivity contribution in [2.75, 3.05) is 13.7 Å². The van der Waals surface area contributed by atoms with Crippen molar-refractivity contribution in [2.45, 2.75) is 32.1 Å². The van der Waals surface area contributed by atoms with E-state index in [1.165, 1.54) is 32.1 Å². The molecule has 0 aliphatic heterocycles. The van der Waals surface area contributed by atoms with Crippen LogP contribution in [0.5, 0.6) is 5.75 Å². The van der Waals surface area contributed by atoms with Crippen LogP contribution in [0.25, 0.3) is 11.6 Å². The Morgan fingerprint density at radius 1 is 1.04 bits per heavy atom. The first-order valence-corrected chi connectivity index (χ1v) is 9.45. The lowest BCUT2D eigenvalue weighted by atomic mass is 9.89. The van der Waals surface area contributed by atoms with Crippen LogP contribution in [0.2, 0.25) is 0 Å². The molecule has 1 aliphatic carbocycles. The van der Waals surface area contributed by atoms with Crippen LogP contribution in [0, 0.1) is 5.92 Å². The summed E-state index contributed by atoms with van der Waals surface area (Å²) in [5.74, 6) is 1.42. The van der Waals surface area contributed by atoms with Crippen LogP contribution in [-0.4, -0.2) is 19.6 Å². The zero-order valence-corrected chi connectivity index (χ0v) is 15.4. The van der Waals surface area contributed by atoms with Crippen LogP contribution in [0.4, 0.5) is 0 Å². The average molecular weight is 349 g/mol. The summed E-state index contributed by atoms with van der Waals surface area (Å²) in [4.78, 5) is 12.9. The van der Waals surface area contributed by atoms with Gasteiger partial charge in [-0.2, -0.15) is 0 Å². The molecule has 3 heteroatoms. The van der Waals surface area contributed by atoms with Gasteiger partial charge >= 0.3 is 0 Å². The van der Waals surface area contributed by atoms with Crippen molar-refractivity contribution in [2.24, 2.45) is 5.92 Å². The minimum atomic E-state index is -0.00223. The number of ether oxygens (including phenoxy) is 1. The van der Waals surface area contributed by atoms with E-state index < -0.39 is 0 Å². The molecule has 0 radical (unpaired) electrons. The standard InChI is InChI=1S/C23H27NO2/c1-26-21-14-12-18(13-15-21)16-22(20-10-6-3-7-11-20)23(25)24-17-19-8-4-2-5-9-19/h3,6-7,10-16,19H,2,4-5,8-9,17H2,1H3,(H,24,25)/b22-16+. The maximum atomic E-state index is 12.9. The first kappa shape index (κ1) is 18.2. The highest BCUT2D eigenvalue weighted by Crippen LogP contribution is 2.24. The fourth-order valence-electron chi connectivity index (χ4n) is 3.49. The Hall–Kier alpha value is -2.55. The second-order valence-electron chi connectivity index (χ2n) is 6.91. The van der Waals surface area contributed by atoms with Gasteiger partial charge in [0.15, 0.2) is 0 Å². The number of carbonyl (C=O) groups is 1. The summed E-state index contributed by atoms with van der Waals surface area (Å²) in [6.07, 6.45) is 8.30. The largest absolute Gasteiger partial charge is 0.497 e. The number of hydrogen-bond acceptors (Lipinski definition) is 2. The van der Waals surface area contributed by atoms with Gasteiger partial charge in [0.2, 0.25) is 0 Å².